The molecule has 2 fully saturated rings. The maximum absolute atomic E-state index is 13.1. The highest BCUT2D eigenvalue weighted by atomic mass is 16.5. The van der Waals surface area contributed by atoms with Gasteiger partial charge in [0.25, 0.3) is 11.6 Å². The number of hydrogen-bond donors (Lipinski definition) is 2. The molecule has 150 valence electrons. The number of amides is 1. The Morgan fingerprint density at radius 2 is 2.00 bits per heavy atom. The van der Waals surface area contributed by atoms with E-state index >= 15 is 0 Å². The summed E-state index contributed by atoms with van der Waals surface area (Å²) in [6, 6.07) is 1.76. The molecule has 2 aliphatic rings. The molecule has 2 aromatic rings. The normalized spacial score (nSPS) is 22.5. The molecule has 7 nitrogen and oxygen atoms in total. The van der Waals surface area contributed by atoms with Gasteiger partial charge >= 0.3 is 5.97 Å². The molecular formula is C21H27N3O4. The van der Waals surface area contributed by atoms with E-state index in [-0.39, 0.29) is 23.3 Å². The van der Waals surface area contributed by atoms with E-state index in [9.17, 15) is 14.7 Å². The number of nitrogens with zero attached hydrogens (tertiary/aromatic N) is 2. The van der Waals surface area contributed by atoms with Gasteiger partial charge in [-0.25, -0.2) is 4.98 Å². The molecular weight excluding hydrogens is 358 g/mol. The second-order valence-corrected chi connectivity index (χ2v) is 9.43. The van der Waals surface area contributed by atoms with Crippen LogP contribution in [0.4, 0.5) is 0 Å². The first-order valence-corrected chi connectivity index (χ1v) is 10.0. The van der Waals surface area contributed by atoms with Crippen molar-refractivity contribution >= 4 is 23.0 Å². The van der Waals surface area contributed by atoms with Gasteiger partial charge in [-0.2, -0.15) is 0 Å². The molecule has 2 N–H and O–H groups in total. The van der Waals surface area contributed by atoms with Crippen molar-refractivity contribution in [3.05, 3.63) is 23.0 Å². The average molecular weight is 385 g/mol. The Labute approximate surface area is 163 Å². The van der Waals surface area contributed by atoms with Crippen molar-refractivity contribution < 1.29 is 19.2 Å². The van der Waals surface area contributed by atoms with Crippen LogP contribution in [0.3, 0.4) is 0 Å². The first kappa shape index (κ1) is 18.9. The number of rotatable bonds is 5. The molecule has 0 radical (unpaired) electrons. The number of aliphatic carboxylic acids is 1. The Morgan fingerprint density at radius 3 is 2.61 bits per heavy atom. The van der Waals surface area contributed by atoms with Gasteiger partial charge in [-0.3, -0.25) is 9.59 Å². The monoisotopic (exact) mass is 385 g/mol. The SMILES string of the molecule is CC(C)(C)Cc1noc2nc(C3CC3)cc(C(=O)N[C@H]3CC[C@@H](C(=O)O)C3)c12. The lowest BCUT2D eigenvalue weighted by molar-refractivity contribution is -0.141. The van der Waals surface area contributed by atoms with Gasteiger partial charge in [-0.05, 0) is 50.0 Å². The highest BCUT2D eigenvalue weighted by Crippen LogP contribution is 2.41. The molecule has 0 bridgehead atoms. The molecule has 0 aliphatic heterocycles. The minimum absolute atomic E-state index is 0.00707. The molecule has 28 heavy (non-hydrogen) atoms. The van der Waals surface area contributed by atoms with Gasteiger partial charge in [-0.15, -0.1) is 0 Å². The predicted octanol–water partition coefficient (Wildman–Crippen LogP) is 3.67. The second kappa shape index (κ2) is 6.87. The minimum Gasteiger partial charge on any atom is -0.481 e. The quantitative estimate of drug-likeness (QED) is 0.813. The summed E-state index contributed by atoms with van der Waals surface area (Å²) in [6.07, 6.45) is 4.59. The fraction of sp³-hybridized carbons (Fsp3) is 0.619. The van der Waals surface area contributed by atoms with Crippen molar-refractivity contribution in [2.45, 2.75) is 71.3 Å². The van der Waals surface area contributed by atoms with Crippen molar-refractivity contribution in [3.8, 4) is 0 Å². The number of pyridine rings is 1. The second-order valence-electron chi connectivity index (χ2n) is 9.43. The number of carboxylic acids is 1. The Morgan fingerprint density at radius 1 is 1.25 bits per heavy atom. The maximum Gasteiger partial charge on any atom is 0.306 e. The first-order valence-electron chi connectivity index (χ1n) is 10.0. The van der Waals surface area contributed by atoms with E-state index < -0.39 is 5.97 Å². The van der Waals surface area contributed by atoms with Crippen LogP contribution in [0, 0.1) is 11.3 Å². The van der Waals surface area contributed by atoms with Crippen molar-refractivity contribution in [3.63, 3.8) is 0 Å². The third-order valence-electron chi connectivity index (χ3n) is 5.59. The number of fused-ring (bicyclic) bond motifs is 1. The fourth-order valence-corrected chi connectivity index (χ4v) is 4.02. The van der Waals surface area contributed by atoms with E-state index in [4.69, 9.17) is 4.52 Å². The van der Waals surface area contributed by atoms with E-state index in [0.717, 1.165) is 24.2 Å². The standard InChI is InChI=1S/C21H27N3O4/c1-21(2,3)10-16-17-14(9-15(11-4-5-11)23-19(17)28-24-16)18(25)22-13-7-6-12(8-13)20(26)27/h9,11-13H,4-8,10H2,1-3H3,(H,22,25)(H,26,27)/t12-,13+/m1/s1. The van der Waals surface area contributed by atoms with Gasteiger partial charge in [0.1, 0.15) is 0 Å². The molecule has 2 aliphatic carbocycles. The van der Waals surface area contributed by atoms with Gasteiger partial charge < -0.3 is 14.9 Å². The van der Waals surface area contributed by atoms with Crippen LogP contribution >= 0.6 is 0 Å². The number of aromatic nitrogens is 2. The van der Waals surface area contributed by atoms with Crippen LogP contribution in [0.25, 0.3) is 11.1 Å². The summed E-state index contributed by atoms with van der Waals surface area (Å²) < 4.78 is 5.50. The van der Waals surface area contributed by atoms with Crippen LogP contribution in [-0.4, -0.2) is 33.2 Å². The molecule has 4 rings (SSSR count). The van der Waals surface area contributed by atoms with Gasteiger partial charge in [0.15, 0.2) is 0 Å². The Kier molecular flexibility index (Phi) is 4.63. The predicted molar refractivity (Wildman–Crippen MR) is 103 cm³/mol. The lowest BCUT2D eigenvalue weighted by Gasteiger charge is -2.17. The fourth-order valence-electron chi connectivity index (χ4n) is 4.02. The molecule has 0 unspecified atom stereocenters. The Bertz CT molecular complexity index is 924. The van der Waals surface area contributed by atoms with Crippen LogP contribution in [0.15, 0.2) is 10.6 Å². The highest BCUT2D eigenvalue weighted by molar-refractivity contribution is 6.06. The summed E-state index contributed by atoms with van der Waals surface area (Å²) in [6.45, 7) is 6.34. The average Bonchev–Trinajstić information content (AvgIpc) is 3.23. The van der Waals surface area contributed by atoms with Crippen molar-refractivity contribution in [1.82, 2.24) is 15.5 Å². The zero-order chi connectivity index (χ0) is 20.1. The van der Waals surface area contributed by atoms with Crippen LogP contribution in [0.5, 0.6) is 0 Å². The Balaban J connectivity index is 1.66. The third-order valence-corrected chi connectivity index (χ3v) is 5.59. The molecule has 0 saturated heterocycles. The third kappa shape index (κ3) is 3.88. The maximum atomic E-state index is 13.1. The zero-order valence-electron chi connectivity index (χ0n) is 16.6. The summed E-state index contributed by atoms with van der Waals surface area (Å²) in [7, 11) is 0. The van der Waals surface area contributed by atoms with E-state index in [1.54, 1.807) is 0 Å². The summed E-state index contributed by atoms with van der Waals surface area (Å²) in [4.78, 5) is 29.0. The molecule has 7 heteroatoms. The van der Waals surface area contributed by atoms with Crippen LogP contribution in [0.1, 0.15) is 80.5 Å². The van der Waals surface area contributed by atoms with Crippen molar-refractivity contribution in [2.75, 3.05) is 0 Å². The number of nitrogens with one attached hydrogen (secondary N) is 1. The number of carboxylic acid groups (broad SMARTS) is 1. The number of carbonyl (C=O) groups excluding carboxylic acids is 1. The van der Waals surface area contributed by atoms with E-state index in [2.05, 4.69) is 36.2 Å². The topological polar surface area (TPSA) is 105 Å². The molecule has 2 atom stereocenters. The molecule has 2 heterocycles. The molecule has 0 spiro atoms. The number of carbonyl (C=O) groups is 2. The largest absolute Gasteiger partial charge is 0.481 e. The minimum atomic E-state index is -0.787. The first-order chi connectivity index (χ1) is 13.2. The highest BCUT2D eigenvalue weighted by Gasteiger charge is 2.33. The van der Waals surface area contributed by atoms with Crippen LogP contribution in [-0.2, 0) is 11.2 Å². The smallest absolute Gasteiger partial charge is 0.306 e. The Hall–Kier alpha value is -2.44. The van der Waals surface area contributed by atoms with E-state index in [1.807, 2.05) is 6.07 Å². The van der Waals surface area contributed by atoms with Gasteiger partial charge in [0, 0.05) is 17.7 Å². The van der Waals surface area contributed by atoms with Crippen molar-refractivity contribution in [2.24, 2.45) is 11.3 Å². The summed E-state index contributed by atoms with van der Waals surface area (Å²) in [5, 5.41) is 17.1. The molecule has 0 aromatic carbocycles. The molecule has 2 aromatic heterocycles. The van der Waals surface area contributed by atoms with Crippen LogP contribution in [0.2, 0.25) is 0 Å². The molecule has 1 amide bonds. The lowest BCUT2D eigenvalue weighted by atomic mass is 9.89. The van der Waals surface area contributed by atoms with Gasteiger partial charge in [0.2, 0.25) is 0 Å². The van der Waals surface area contributed by atoms with E-state index in [1.165, 1.54) is 0 Å². The summed E-state index contributed by atoms with van der Waals surface area (Å²) >= 11 is 0. The van der Waals surface area contributed by atoms with Crippen molar-refractivity contribution in [1.29, 1.82) is 0 Å². The summed E-state index contributed by atoms with van der Waals surface area (Å²) in [5.74, 6) is -0.971. The number of hydrogen-bond acceptors (Lipinski definition) is 5. The van der Waals surface area contributed by atoms with Gasteiger partial charge in [0.05, 0.1) is 22.6 Å². The zero-order valence-corrected chi connectivity index (χ0v) is 16.6. The van der Waals surface area contributed by atoms with Gasteiger partial charge in [-0.1, -0.05) is 25.9 Å². The summed E-state index contributed by atoms with van der Waals surface area (Å²) in [5.41, 5.74) is 2.59. The molecule has 2 saturated carbocycles. The van der Waals surface area contributed by atoms with Crippen LogP contribution < -0.4 is 5.32 Å². The van der Waals surface area contributed by atoms with E-state index in [0.29, 0.717) is 48.3 Å². The lowest BCUT2D eigenvalue weighted by Crippen LogP contribution is -2.33.